The van der Waals surface area contributed by atoms with E-state index in [1.807, 2.05) is 59.8 Å². The maximum Gasteiger partial charge on any atom is 0.121 e. The van der Waals surface area contributed by atoms with Gasteiger partial charge in [-0.15, -0.1) is 20.5 Å². The summed E-state index contributed by atoms with van der Waals surface area (Å²) in [6.07, 6.45) is 5.46. The van der Waals surface area contributed by atoms with Crippen molar-refractivity contribution < 1.29 is 0 Å². The van der Waals surface area contributed by atoms with Crippen LogP contribution >= 0.6 is 0 Å². The van der Waals surface area contributed by atoms with Crippen LogP contribution in [0.15, 0.2) is 115 Å². The Kier molecular flexibility index (Phi) is 9.26. The summed E-state index contributed by atoms with van der Waals surface area (Å²) in [6.45, 7) is 12.2. The van der Waals surface area contributed by atoms with Crippen LogP contribution in [0.3, 0.4) is 0 Å². The normalized spacial score (nSPS) is 17.8. The van der Waals surface area contributed by atoms with Gasteiger partial charge < -0.3 is 11.5 Å². The van der Waals surface area contributed by atoms with Crippen LogP contribution in [0.25, 0.3) is 0 Å². The number of aromatic nitrogens is 2. The lowest BCUT2D eigenvalue weighted by atomic mass is 9.85. The smallest absolute Gasteiger partial charge is 0.121 e. The van der Waals surface area contributed by atoms with E-state index < -0.39 is 11.8 Å². The van der Waals surface area contributed by atoms with Gasteiger partial charge in [0.15, 0.2) is 0 Å². The molecule has 246 valence electrons. The van der Waals surface area contributed by atoms with Gasteiger partial charge in [0.25, 0.3) is 0 Å². The van der Waals surface area contributed by atoms with Crippen LogP contribution in [0.1, 0.15) is 87.0 Å². The third-order valence-electron chi connectivity index (χ3n) is 8.41. The van der Waals surface area contributed by atoms with Crippen LogP contribution in [0.5, 0.6) is 0 Å². The standard InChI is InChI=1S/C38H34N12/c1-37(2,3)27-13-25(31(43)35(27)49-47-33-21(16-39)9-7-10-22(33)17-40)29-15-30(46-20-45-29)26-14-28(38(4,5)6)36(32(26)44)50-48-34-23(18-41)11-8-12-24(34)19-42/h7-15,20,25-26H,43-44H2,1-6H3/b49-47+,50-48+. The van der Waals surface area contributed by atoms with E-state index in [-0.39, 0.29) is 44.5 Å². The molecule has 0 spiro atoms. The molecule has 0 saturated carbocycles. The molecule has 0 aliphatic heterocycles. The van der Waals surface area contributed by atoms with E-state index in [0.717, 1.165) is 11.1 Å². The van der Waals surface area contributed by atoms with Crippen LogP contribution in [0.4, 0.5) is 11.4 Å². The largest absolute Gasteiger partial charge is 0.399 e. The second-order valence-electron chi connectivity index (χ2n) is 13.8. The van der Waals surface area contributed by atoms with E-state index >= 15 is 0 Å². The summed E-state index contributed by atoms with van der Waals surface area (Å²) in [5.74, 6) is -0.935. The van der Waals surface area contributed by atoms with Crippen molar-refractivity contribution >= 4 is 11.4 Å². The SMILES string of the molecule is CC(C)(C)C1=CC(c2cc(C3C=C(C(C)(C)C)C(/N=N/c4c(C#N)cccc4C#N)=C3N)ncn2)C(N)=C1/N=N/c1c(C#N)cccc1C#N. The first-order valence-electron chi connectivity index (χ1n) is 15.7. The number of allylic oxidation sites excluding steroid dienone is 4. The topological polar surface area (TPSA) is 222 Å². The third kappa shape index (κ3) is 6.52. The fraction of sp³-hybridized carbons (Fsp3) is 0.263. The number of nitrogens with zero attached hydrogens (tertiary/aromatic N) is 10. The molecule has 0 radical (unpaired) electrons. The molecule has 4 N–H and O–H groups in total. The molecule has 12 heteroatoms. The van der Waals surface area contributed by atoms with Crippen molar-refractivity contribution in [1.82, 2.24) is 9.97 Å². The van der Waals surface area contributed by atoms with Crippen LogP contribution in [-0.4, -0.2) is 9.97 Å². The minimum atomic E-state index is -0.467. The van der Waals surface area contributed by atoms with Gasteiger partial charge in [0.1, 0.15) is 53.4 Å². The van der Waals surface area contributed by atoms with E-state index in [0.29, 0.717) is 34.2 Å². The molecule has 2 atom stereocenters. The highest BCUT2D eigenvalue weighted by Gasteiger charge is 2.36. The molecule has 2 aromatic carbocycles. The maximum absolute atomic E-state index is 9.62. The highest BCUT2D eigenvalue weighted by atomic mass is 15.1. The summed E-state index contributed by atoms with van der Waals surface area (Å²) in [5, 5.41) is 56.2. The van der Waals surface area contributed by atoms with Crippen molar-refractivity contribution in [1.29, 1.82) is 21.0 Å². The van der Waals surface area contributed by atoms with Crippen LogP contribution in [0, 0.1) is 56.2 Å². The Labute approximate surface area is 290 Å². The van der Waals surface area contributed by atoms with Crippen molar-refractivity contribution in [3.8, 4) is 24.3 Å². The Bertz CT molecular complexity index is 2040. The van der Waals surface area contributed by atoms with Crippen LogP contribution in [-0.2, 0) is 0 Å². The van der Waals surface area contributed by atoms with Gasteiger partial charge in [-0.2, -0.15) is 21.0 Å². The quantitative estimate of drug-likeness (QED) is 0.246. The Morgan fingerprint density at radius 2 is 0.920 bits per heavy atom. The predicted molar refractivity (Wildman–Crippen MR) is 186 cm³/mol. The number of hydrogen-bond acceptors (Lipinski definition) is 12. The van der Waals surface area contributed by atoms with Gasteiger partial charge in [-0.05, 0) is 52.3 Å². The van der Waals surface area contributed by atoms with E-state index in [4.69, 9.17) is 11.5 Å². The minimum Gasteiger partial charge on any atom is -0.399 e. The first-order valence-corrected chi connectivity index (χ1v) is 15.7. The highest BCUT2D eigenvalue weighted by molar-refractivity contribution is 5.64. The Hall–Kier alpha value is -6.76. The zero-order chi connectivity index (χ0) is 36.4. The van der Waals surface area contributed by atoms with Gasteiger partial charge in [-0.1, -0.05) is 65.8 Å². The Morgan fingerprint density at radius 1 is 0.580 bits per heavy atom. The molecule has 2 aliphatic carbocycles. The van der Waals surface area contributed by atoms with Gasteiger partial charge in [0.05, 0.1) is 45.5 Å². The summed E-state index contributed by atoms with van der Waals surface area (Å²) in [5.41, 5.74) is 18.7. The maximum atomic E-state index is 9.62. The first kappa shape index (κ1) is 34.6. The van der Waals surface area contributed by atoms with Crippen molar-refractivity contribution in [3.63, 3.8) is 0 Å². The van der Waals surface area contributed by atoms with Crippen molar-refractivity contribution in [2.45, 2.75) is 53.4 Å². The fourth-order valence-electron chi connectivity index (χ4n) is 5.79. The van der Waals surface area contributed by atoms with E-state index in [1.54, 1.807) is 36.4 Å². The number of azo groups is 2. The summed E-state index contributed by atoms with van der Waals surface area (Å²) < 4.78 is 0. The first-order chi connectivity index (χ1) is 23.7. The third-order valence-corrected chi connectivity index (χ3v) is 8.41. The molecule has 0 fully saturated rings. The molecular formula is C38H34N12. The predicted octanol–water partition coefficient (Wildman–Crippen LogP) is 8.01. The van der Waals surface area contributed by atoms with Crippen molar-refractivity contribution in [2.24, 2.45) is 42.8 Å². The van der Waals surface area contributed by atoms with Crippen molar-refractivity contribution in [3.05, 3.63) is 129 Å². The molecule has 3 aromatic rings. The van der Waals surface area contributed by atoms with Gasteiger partial charge in [0.2, 0.25) is 0 Å². The molecule has 5 rings (SSSR count). The molecule has 0 bridgehead atoms. The van der Waals surface area contributed by atoms with Crippen molar-refractivity contribution in [2.75, 3.05) is 0 Å². The van der Waals surface area contributed by atoms with E-state index in [1.165, 1.54) is 6.33 Å². The molecule has 0 amide bonds. The highest BCUT2D eigenvalue weighted by Crippen LogP contribution is 2.46. The lowest BCUT2D eigenvalue weighted by Gasteiger charge is -2.20. The van der Waals surface area contributed by atoms with Gasteiger partial charge >= 0.3 is 0 Å². The lowest BCUT2D eigenvalue weighted by molar-refractivity contribution is 0.509. The van der Waals surface area contributed by atoms with Gasteiger partial charge in [-0.3, -0.25) is 0 Å². The molecular weight excluding hydrogens is 625 g/mol. The number of nitriles is 4. The minimum absolute atomic E-state index is 0.177. The Morgan fingerprint density at radius 3 is 1.22 bits per heavy atom. The molecule has 12 nitrogen and oxygen atoms in total. The lowest BCUT2D eigenvalue weighted by Crippen LogP contribution is -2.13. The monoisotopic (exact) mass is 658 g/mol. The van der Waals surface area contributed by atoms with Crippen LogP contribution in [0.2, 0.25) is 0 Å². The summed E-state index contributed by atoms with van der Waals surface area (Å²) in [7, 11) is 0. The second-order valence-corrected chi connectivity index (χ2v) is 13.8. The number of benzene rings is 2. The summed E-state index contributed by atoms with van der Waals surface area (Å²) in [4.78, 5) is 9.17. The fourth-order valence-corrected chi connectivity index (χ4v) is 5.79. The van der Waals surface area contributed by atoms with Gasteiger partial charge in [0, 0.05) is 11.4 Å². The number of rotatable bonds is 6. The van der Waals surface area contributed by atoms with Crippen LogP contribution < -0.4 is 11.5 Å². The average Bonchev–Trinajstić information content (AvgIpc) is 3.62. The number of nitrogens with two attached hydrogens (primary N) is 2. The molecule has 1 aromatic heterocycles. The zero-order valence-corrected chi connectivity index (χ0v) is 28.6. The summed E-state index contributed by atoms with van der Waals surface area (Å²) >= 11 is 0. The summed E-state index contributed by atoms with van der Waals surface area (Å²) in [6, 6.07) is 19.7. The second kappa shape index (κ2) is 13.4. The van der Waals surface area contributed by atoms with E-state index in [2.05, 4.69) is 54.7 Å². The van der Waals surface area contributed by atoms with Gasteiger partial charge in [-0.25, -0.2) is 9.97 Å². The average molecular weight is 659 g/mol. The molecule has 1 heterocycles. The van der Waals surface area contributed by atoms with E-state index in [9.17, 15) is 21.0 Å². The molecule has 0 saturated heterocycles. The molecule has 2 aliphatic rings. The molecule has 2 unspecified atom stereocenters. The Balaban J connectivity index is 1.57. The zero-order valence-electron chi connectivity index (χ0n) is 28.6. The number of hydrogen-bond donors (Lipinski definition) is 2. The molecule has 50 heavy (non-hydrogen) atoms.